The van der Waals surface area contributed by atoms with E-state index in [1.165, 1.54) is 0 Å². The minimum atomic E-state index is -1.56. The van der Waals surface area contributed by atoms with Gasteiger partial charge in [-0.2, -0.15) is 0 Å². The summed E-state index contributed by atoms with van der Waals surface area (Å²) in [7, 11) is 1.73. The summed E-state index contributed by atoms with van der Waals surface area (Å²) in [5, 5.41) is 2.13. The number of hydrogen-bond acceptors (Lipinski definition) is 5. The normalized spacial score (nSPS) is 15.5. The van der Waals surface area contributed by atoms with E-state index in [1.54, 1.807) is 25.8 Å². The third-order valence-electron chi connectivity index (χ3n) is 4.89. The first-order valence-electron chi connectivity index (χ1n) is 8.75. The monoisotopic (exact) mass is 353 g/mol. The van der Waals surface area contributed by atoms with Gasteiger partial charge in [0, 0.05) is 24.7 Å². The number of nitrogens with zero attached hydrogens (tertiary/aromatic N) is 1. The molecule has 5 heteroatoms. The third kappa shape index (κ3) is 2.55. The highest BCUT2D eigenvalue weighted by molar-refractivity contribution is 6.14. The van der Waals surface area contributed by atoms with E-state index in [9.17, 15) is 9.59 Å². The summed E-state index contributed by atoms with van der Waals surface area (Å²) in [6.45, 7) is 7.99. The van der Waals surface area contributed by atoms with Gasteiger partial charge < -0.3 is 14.4 Å². The van der Waals surface area contributed by atoms with Crippen LogP contribution >= 0.6 is 0 Å². The number of carbonyl (C=O) groups excluding carboxylic acids is 2. The number of likely N-dealkylation sites (N-methyl/N-ethyl adjacent to an activating group) is 1. The van der Waals surface area contributed by atoms with Crippen LogP contribution in [-0.2, 0) is 19.1 Å². The van der Waals surface area contributed by atoms with Crippen LogP contribution in [0, 0.1) is 0 Å². The zero-order valence-electron chi connectivity index (χ0n) is 15.4. The molecule has 1 heterocycles. The van der Waals surface area contributed by atoms with Crippen molar-refractivity contribution in [3.63, 3.8) is 0 Å². The molecule has 0 atom stereocenters. The molecule has 0 amide bonds. The molecule has 0 aromatic heterocycles. The molecule has 0 saturated heterocycles. The maximum Gasteiger partial charge on any atom is 0.344 e. The molecule has 1 aliphatic rings. The number of carbonyl (C=O) groups is 2. The third-order valence-corrected chi connectivity index (χ3v) is 4.89. The Morgan fingerprint density at radius 2 is 1.69 bits per heavy atom. The number of hydrogen-bond donors (Lipinski definition) is 0. The molecule has 0 saturated carbocycles. The second kappa shape index (κ2) is 6.83. The Kier molecular flexibility index (Phi) is 4.72. The van der Waals surface area contributed by atoms with E-state index in [-0.39, 0.29) is 19.6 Å². The zero-order valence-corrected chi connectivity index (χ0v) is 15.4. The molecule has 0 N–H and O–H groups in total. The molecule has 1 aliphatic heterocycles. The van der Waals surface area contributed by atoms with Gasteiger partial charge in [0.15, 0.2) is 0 Å². The SMILES string of the molecule is C=C1CC(C(=O)OCC)(C(=O)OCC)N(C)c2ccc3ccccc3c21. The van der Waals surface area contributed by atoms with Crippen molar-refractivity contribution in [3.05, 3.63) is 48.5 Å². The largest absolute Gasteiger partial charge is 0.464 e. The summed E-state index contributed by atoms with van der Waals surface area (Å²) >= 11 is 0. The predicted molar refractivity (Wildman–Crippen MR) is 102 cm³/mol. The van der Waals surface area contributed by atoms with Gasteiger partial charge >= 0.3 is 11.9 Å². The van der Waals surface area contributed by atoms with Crippen molar-refractivity contribution in [3.8, 4) is 0 Å². The molecule has 0 bridgehead atoms. The van der Waals surface area contributed by atoms with Crippen LogP contribution in [0.5, 0.6) is 0 Å². The first kappa shape index (κ1) is 18.0. The Morgan fingerprint density at radius 3 is 2.31 bits per heavy atom. The average Bonchev–Trinajstić information content (AvgIpc) is 2.64. The van der Waals surface area contributed by atoms with Crippen LogP contribution in [0.15, 0.2) is 43.0 Å². The molecular weight excluding hydrogens is 330 g/mol. The van der Waals surface area contributed by atoms with E-state index < -0.39 is 17.5 Å². The molecule has 26 heavy (non-hydrogen) atoms. The maximum absolute atomic E-state index is 12.9. The number of rotatable bonds is 4. The van der Waals surface area contributed by atoms with E-state index in [0.29, 0.717) is 0 Å². The summed E-state index contributed by atoms with van der Waals surface area (Å²) in [6.07, 6.45) is 0.127. The summed E-state index contributed by atoms with van der Waals surface area (Å²) < 4.78 is 10.5. The molecule has 5 nitrogen and oxygen atoms in total. The fourth-order valence-electron chi connectivity index (χ4n) is 3.64. The molecule has 0 unspecified atom stereocenters. The van der Waals surface area contributed by atoms with Crippen molar-refractivity contribution in [2.45, 2.75) is 25.8 Å². The highest BCUT2D eigenvalue weighted by Gasteiger charge is 2.55. The Balaban J connectivity index is 2.22. The lowest BCUT2D eigenvalue weighted by Crippen LogP contribution is -2.62. The fraction of sp³-hybridized carbons (Fsp3) is 0.333. The van der Waals surface area contributed by atoms with Gasteiger partial charge in [0.05, 0.1) is 13.2 Å². The van der Waals surface area contributed by atoms with Crippen molar-refractivity contribution >= 4 is 34.0 Å². The Morgan fingerprint density at radius 1 is 1.08 bits per heavy atom. The summed E-state index contributed by atoms with van der Waals surface area (Å²) in [5.74, 6) is -1.22. The molecule has 0 aliphatic carbocycles. The van der Waals surface area contributed by atoms with E-state index in [4.69, 9.17) is 9.47 Å². The highest BCUT2D eigenvalue weighted by atomic mass is 16.6. The predicted octanol–water partition coefficient (Wildman–Crippen LogP) is 3.56. The summed E-state index contributed by atoms with van der Waals surface area (Å²) in [4.78, 5) is 27.4. The molecule has 2 aromatic carbocycles. The van der Waals surface area contributed by atoms with Gasteiger partial charge in [0.2, 0.25) is 5.54 Å². The van der Waals surface area contributed by atoms with E-state index in [0.717, 1.165) is 27.6 Å². The maximum atomic E-state index is 12.9. The second-order valence-electron chi connectivity index (χ2n) is 6.32. The Labute approximate surface area is 153 Å². The Hall–Kier alpha value is -2.82. The molecule has 0 fully saturated rings. The van der Waals surface area contributed by atoms with Gasteiger partial charge in [-0.3, -0.25) is 0 Å². The first-order chi connectivity index (χ1) is 12.5. The lowest BCUT2D eigenvalue weighted by Gasteiger charge is -2.43. The second-order valence-corrected chi connectivity index (χ2v) is 6.32. The lowest BCUT2D eigenvalue weighted by molar-refractivity contribution is -0.163. The molecular formula is C21H23NO4. The summed E-state index contributed by atoms with van der Waals surface area (Å²) in [5.41, 5.74) is 0.880. The van der Waals surface area contributed by atoms with Gasteiger partial charge in [-0.25, -0.2) is 9.59 Å². The number of anilines is 1. The van der Waals surface area contributed by atoms with Crippen molar-refractivity contribution in [1.29, 1.82) is 0 Å². The minimum absolute atomic E-state index is 0.127. The van der Waals surface area contributed by atoms with Crippen LogP contribution in [-0.4, -0.2) is 37.7 Å². The number of fused-ring (bicyclic) bond motifs is 3. The molecule has 2 aromatic rings. The Bertz CT molecular complexity index is 869. The summed E-state index contributed by atoms with van der Waals surface area (Å²) in [6, 6.07) is 11.9. The lowest BCUT2D eigenvalue weighted by atomic mass is 9.79. The highest BCUT2D eigenvalue weighted by Crippen LogP contribution is 2.45. The van der Waals surface area contributed by atoms with Crippen molar-refractivity contribution in [1.82, 2.24) is 0 Å². The first-order valence-corrected chi connectivity index (χ1v) is 8.75. The minimum Gasteiger partial charge on any atom is -0.464 e. The van der Waals surface area contributed by atoms with E-state index in [2.05, 4.69) is 6.58 Å². The number of esters is 2. The quantitative estimate of drug-likeness (QED) is 0.621. The van der Waals surface area contributed by atoms with E-state index in [1.807, 2.05) is 36.4 Å². The van der Waals surface area contributed by atoms with Crippen molar-refractivity contribution in [2.24, 2.45) is 0 Å². The van der Waals surface area contributed by atoms with Crippen LogP contribution in [0.25, 0.3) is 16.3 Å². The van der Waals surface area contributed by atoms with Crippen LogP contribution in [0.2, 0.25) is 0 Å². The van der Waals surface area contributed by atoms with Gasteiger partial charge in [-0.05, 0) is 36.3 Å². The van der Waals surface area contributed by atoms with Crippen LogP contribution in [0.1, 0.15) is 25.8 Å². The smallest absolute Gasteiger partial charge is 0.344 e. The topological polar surface area (TPSA) is 55.8 Å². The fourth-order valence-corrected chi connectivity index (χ4v) is 3.64. The van der Waals surface area contributed by atoms with Crippen molar-refractivity contribution < 1.29 is 19.1 Å². The van der Waals surface area contributed by atoms with Crippen LogP contribution in [0.3, 0.4) is 0 Å². The number of benzene rings is 2. The van der Waals surface area contributed by atoms with Crippen molar-refractivity contribution in [2.75, 3.05) is 25.2 Å². The zero-order chi connectivity index (χ0) is 18.9. The van der Waals surface area contributed by atoms with Gasteiger partial charge in [0.25, 0.3) is 0 Å². The van der Waals surface area contributed by atoms with Gasteiger partial charge in [-0.15, -0.1) is 0 Å². The molecule has 0 spiro atoms. The molecule has 0 radical (unpaired) electrons. The van der Waals surface area contributed by atoms with Gasteiger partial charge in [-0.1, -0.05) is 36.9 Å². The molecule has 3 rings (SSSR count). The van der Waals surface area contributed by atoms with Crippen LogP contribution < -0.4 is 4.90 Å². The van der Waals surface area contributed by atoms with E-state index >= 15 is 0 Å². The average molecular weight is 353 g/mol. The number of ether oxygens (including phenoxy) is 2. The van der Waals surface area contributed by atoms with Crippen LogP contribution in [0.4, 0.5) is 5.69 Å². The molecule has 136 valence electrons. The van der Waals surface area contributed by atoms with Gasteiger partial charge in [0.1, 0.15) is 0 Å². The standard InChI is InChI=1S/C21H23NO4/c1-5-25-19(23)21(20(24)26-6-2)13-14(3)18-16-10-8-7-9-15(16)11-12-17(18)22(21)4/h7-12H,3,5-6,13H2,1-2,4H3.